The van der Waals surface area contributed by atoms with E-state index in [4.69, 9.17) is 5.73 Å². The van der Waals surface area contributed by atoms with Crippen molar-refractivity contribution in [1.29, 1.82) is 0 Å². The van der Waals surface area contributed by atoms with E-state index in [1.54, 1.807) is 0 Å². The van der Waals surface area contributed by atoms with Crippen LogP contribution < -0.4 is 5.73 Å². The molecule has 0 heterocycles. The van der Waals surface area contributed by atoms with Gasteiger partial charge in [0.15, 0.2) is 0 Å². The predicted octanol–water partition coefficient (Wildman–Crippen LogP) is 3.89. The van der Waals surface area contributed by atoms with Crippen LogP contribution in [0.25, 0.3) is 0 Å². The average Bonchev–Trinajstić information content (AvgIpc) is 2.29. The Morgan fingerprint density at radius 3 is 2.42 bits per heavy atom. The van der Waals surface area contributed by atoms with E-state index in [0.717, 1.165) is 19.6 Å². The lowest BCUT2D eigenvalue weighted by atomic mass is 9.84. The Hall–Kier alpha value is -0.380. The van der Waals surface area contributed by atoms with Gasteiger partial charge in [-0.3, -0.25) is 0 Å². The third kappa shape index (κ3) is 6.55. The van der Waals surface area contributed by atoms with Crippen molar-refractivity contribution >= 4 is 15.9 Å². The first-order chi connectivity index (χ1) is 8.81. The Morgan fingerprint density at radius 1 is 1.26 bits per heavy atom. The molecule has 19 heavy (non-hydrogen) atoms. The van der Waals surface area contributed by atoms with E-state index < -0.39 is 0 Å². The topological polar surface area (TPSA) is 29.3 Å². The van der Waals surface area contributed by atoms with Crippen molar-refractivity contribution in [1.82, 2.24) is 4.90 Å². The van der Waals surface area contributed by atoms with Gasteiger partial charge in [0, 0.05) is 17.6 Å². The summed E-state index contributed by atoms with van der Waals surface area (Å²) in [6.07, 6.45) is 1.17. The second-order valence-corrected chi connectivity index (χ2v) is 7.51. The second kappa shape index (κ2) is 7.41. The van der Waals surface area contributed by atoms with E-state index in [9.17, 15) is 0 Å². The maximum Gasteiger partial charge on any atom is 0.0242 e. The van der Waals surface area contributed by atoms with Crippen LogP contribution in [0.2, 0.25) is 0 Å². The molecule has 0 radical (unpaired) electrons. The van der Waals surface area contributed by atoms with Crippen LogP contribution >= 0.6 is 15.9 Å². The number of rotatable bonds is 6. The Bertz CT molecular complexity index is 385. The first kappa shape index (κ1) is 16.7. The van der Waals surface area contributed by atoms with E-state index in [-0.39, 0.29) is 0 Å². The highest BCUT2D eigenvalue weighted by Crippen LogP contribution is 2.25. The van der Waals surface area contributed by atoms with Crippen LogP contribution in [0.5, 0.6) is 0 Å². The molecule has 3 heteroatoms. The Labute approximate surface area is 126 Å². The molecule has 1 rings (SSSR count). The van der Waals surface area contributed by atoms with Crippen LogP contribution in [0.4, 0.5) is 0 Å². The smallest absolute Gasteiger partial charge is 0.0242 e. The lowest BCUT2D eigenvalue weighted by Gasteiger charge is -2.29. The normalized spacial score (nSPS) is 13.8. The summed E-state index contributed by atoms with van der Waals surface area (Å²) in [4.78, 5) is 2.36. The van der Waals surface area contributed by atoms with Gasteiger partial charge >= 0.3 is 0 Å². The summed E-state index contributed by atoms with van der Waals surface area (Å²) in [5.41, 5.74) is 7.59. The average molecular weight is 327 g/mol. The first-order valence-corrected chi connectivity index (χ1v) is 7.73. The monoisotopic (exact) mass is 326 g/mol. The summed E-state index contributed by atoms with van der Waals surface area (Å²) in [6.45, 7) is 9.62. The highest BCUT2D eigenvalue weighted by molar-refractivity contribution is 9.10. The summed E-state index contributed by atoms with van der Waals surface area (Å²) >= 11 is 3.61. The third-order valence-corrected chi connectivity index (χ3v) is 3.98. The van der Waals surface area contributed by atoms with Crippen molar-refractivity contribution in [3.8, 4) is 0 Å². The van der Waals surface area contributed by atoms with E-state index >= 15 is 0 Å². The van der Waals surface area contributed by atoms with Crippen LogP contribution in [0.15, 0.2) is 28.7 Å². The fourth-order valence-corrected chi connectivity index (χ4v) is 2.92. The minimum atomic E-state index is 0.345. The zero-order valence-corrected chi connectivity index (χ0v) is 14.2. The molecule has 0 saturated heterocycles. The number of hydrogen-bond donors (Lipinski definition) is 1. The summed E-state index contributed by atoms with van der Waals surface area (Å²) in [7, 11) is 2.17. The van der Waals surface area contributed by atoms with Crippen molar-refractivity contribution in [2.24, 2.45) is 17.1 Å². The fraction of sp³-hybridized carbons (Fsp3) is 0.625. The van der Waals surface area contributed by atoms with Crippen molar-refractivity contribution in [3.05, 3.63) is 34.3 Å². The van der Waals surface area contributed by atoms with E-state index in [1.165, 1.54) is 16.5 Å². The first-order valence-electron chi connectivity index (χ1n) is 6.94. The van der Waals surface area contributed by atoms with Gasteiger partial charge in [-0.2, -0.15) is 0 Å². The van der Waals surface area contributed by atoms with E-state index in [1.807, 2.05) is 0 Å². The molecule has 0 bridgehead atoms. The van der Waals surface area contributed by atoms with Crippen LogP contribution in [-0.2, 0) is 6.54 Å². The molecule has 0 aliphatic carbocycles. The van der Waals surface area contributed by atoms with Gasteiger partial charge in [0.25, 0.3) is 0 Å². The summed E-state index contributed by atoms with van der Waals surface area (Å²) in [5.74, 6) is 0.562. The maximum atomic E-state index is 5.92. The lowest BCUT2D eigenvalue weighted by Crippen LogP contribution is -2.32. The zero-order valence-electron chi connectivity index (χ0n) is 12.6. The molecule has 1 aromatic carbocycles. The molecule has 0 aliphatic rings. The molecule has 0 spiro atoms. The Kier molecular flexibility index (Phi) is 6.51. The molecule has 0 aromatic heterocycles. The Balaban J connectivity index is 2.54. The van der Waals surface area contributed by atoms with Crippen molar-refractivity contribution in [2.75, 3.05) is 20.1 Å². The molecule has 1 unspecified atom stereocenters. The molecule has 0 aliphatic heterocycles. The molecular formula is C16H27BrN2. The molecule has 0 fully saturated rings. The highest BCUT2D eigenvalue weighted by atomic mass is 79.9. The molecule has 1 aromatic rings. The van der Waals surface area contributed by atoms with Crippen LogP contribution in [0.1, 0.15) is 32.8 Å². The van der Waals surface area contributed by atoms with Gasteiger partial charge in [-0.15, -0.1) is 0 Å². The van der Waals surface area contributed by atoms with Gasteiger partial charge in [0.1, 0.15) is 0 Å². The second-order valence-electron chi connectivity index (χ2n) is 6.65. The summed E-state index contributed by atoms with van der Waals surface area (Å²) in [5, 5.41) is 0. The predicted molar refractivity (Wildman–Crippen MR) is 87.1 cm³/mol. The van der Waals surface area contributed by atoms with Crippen molar-refractivity contribution < 1.29 is 0 Å². The van der Waals surface area contributed by atoms with Gasteiger partial charge in [-0.05, 0) is 43.0 Å². The lowest BCUT2D eigenvalue weighted by molar-refractivity contribution is 0.216. The number of benzene rings is 1. The number of hydrogen-bond acceptors (Lipinski definition) is 2. The van der Waals surface area contributed by atoms with Crippen molar-refractivity contribution in [2.45, 2.75) is 33.7 Å². The van der Waals surface area contributed by atoms with Gasteiger partial charge in [0.05, 0.1) is 0 Å². The molecular weight excluding hydrogens is 300 g/mol. The van der Waals surface area contributed by atoms with Crippen molar-refractivity contribution in [3.63, 3.8) is 0 Å². The minimum absolute atomic E-state index is 0.345. The third-order valence-electron chi connectivity index (χ3n) is 3.20. The standard InChI is InChI=1S/C16H27BrN2/c1-16(2,3)9-13(10-18)11-19(4)12-14-7-5-6-8-15(14)17/h5-8,13H,9-12,18H2,1-4H3. The molecule has 2 nitrogen and oxygen atoms in total. The molecule has 2 N–H and O–H groups in total. The largest absolute Gasteiger partial charge is 0.330 e. The van der Waals surface area contributed by atoms with Gasteiger partial charge in [-0.25, -0.2) is 0 Å². The van der Waals surface area contributed by atoms with Gasteiger partial charge in [-0.1, -0.05) is 54.9 Å². The number of halogens is 1. The minimum Gasteiger partial charge on any atom is -0.330 e. The van der Waals surface area contributed by atoms with Gasteiger partial charge in [0.2, 0.25) is 0 Å². The SMILES string of the molecule is CN(Cc1ccccc1Br)CC(CN)CC(C)(C)C. The number of nitrogens with zero attached hydrogens (tertiary/aromatic N) is 1. The van der Waals surface area contributed by atoms with Crippen LogP contribution in [-0.4, -0.2) is 25.0 Å². The zero-order chi connectivity index (χ0) is 14.5. The molecule has 1 atom stereocenters. The van der Waals surface area contributed by atoms with Gasteiger partial charge < -0.3 is 10.6 Å². The van der Waals surface area contributed by atoms with Crippen LogP contribution in [0.3, 0.4) is 0 Å². The quantitative estimate of drug-likeness (QED) is 0.859. The fourth-order valence-electron chi connectivity index (χ4n) is 2.51. The molecule has 108 valence electrons. The number of nitrogens with two attached hydrogens (primary N) is 1. The molecule has 0 amide bonds. The Morgan fingerprint density at radius 2 is 1.89 bits per heavy atom. The maximum absolute atomic E-state index is 5.92. The van der Waals surface area contributed by atoms with Crippen LogP contribution in [0, 0.1) is 11.3 Å². The van der Waals surface area contributed by atoms with E-state index in [2.05, 4.69) is 72.9 Å². The molecule has 0 saturated carbocycles. The highest BCUT2D eigenvalue weighted by Gasteiger charge is 2.19. The van der Waals surface area contributed by atoms with E-state index in [0.29, 0.717) is 11.3 Å². The summed E-state index contributed by atoms with van der Waals surface area (Å²) < 4.78 is 1.18. The summed E-state index contributed by atoms with van der Waals surface area (Å²) in [6, 6.07) is 8.40.